The van der Waals surface area contributed by atoms with Gasteiger partial charge in [-0.05, 0) is 42.7 Å². The Balaban J connectivity index is 1.38. The van der Waals surface area contributed by atoms with E-state index in [1.165, 1.54) is 36.7 Å². The molecule has 2 heterocycles. The molecule has 8 heteroatoms. The van der Waals surface area contributed by atoms with Gasteiger partial charge in [-0.1, -0.05) is 47.6 Å². The van der Waals surface area contributed by atoms with E-state index in [1.54, 1.807) is 30.3 Å². The van der Waals surface area contributed by atoms with Crippen LogP contribution < -0.4 is 10.2 Å². The molecule has 2 aromatic carbocycles. The van der Waals surface area contributed by atoms with Gasteiger partial charge >= 0.3 is 0 Å². The van der Waals surface area contributed by atoms with Gasteiger partial charge in [-0.3, -0.25) is 4.79 Å². The van der Waals surface area contributed by atoms with E-state index in [4.69, 9.17) is 11.6 Å². The zero-order valence-corrected chi connectivity index (χ0v) is 17.7. The predicted molar refractivity (Wildman–Crippen MR) is 119 cm³/mol. The van der Waals surface area contributed by atoms with Gasteiger partial charge < -0.3 is 10.2 Å². The molecule has 5 nitrogen and oxygen atoms in total. The summed E-state index contributed by atoms with van der Waals surface area (Å²) in [6.45, 7) is 1.99. The highest BCUT2D eigenvalue weighted by atomic mass is 35.5. The van der Waals surface area contributed by atoms with Crippen molar-refractivity contribution in [2.24, 2.45) is 0 Å². The van der Waals surface area contributed by atoms with Gasteiger partial charge in [0.15, 0.2) is 5.16 Å². The fourth-order valence-electron chi connectivity index (χ4n) is 3.22. The minimum atomic E-state index is -0.464. The van der Waals surface area contributed by atoms with Crippen molar-refractivity contribution in [3.8, 4) is 0 Å². The minimum absolute atomic E-state index is 0.161. The van der Waals surface area contributed by atoms with Crippen LogP contribution in [0, 0.1) is 5.82 Å². The summed E-state index contributed by atoms with van der Waals surface area (Å²) in [7, 11) is 0. The summed E-state index contributed by atoms with van der Waals surface area (Å²) in [6.07, 6.45) is 2.34. The van der Waals surface area contributed by atoms with Crippen molar-refractivity contribution < 1.29 is 9.18 Å². The predicted octanol–water partition coefficient (Wildman–Crippen LogP) is 5.41. The fraction of sp³-hybridized carbons (Fsp3) is 0.227. The number of nitrogens with one attached hydrogen (secondary N) is 1. The maximum Gasteiger partial charge on any atom is 0.255 e. The topological polar surface area (TPSA) is 58.1 Å². The Bertz CT molecular complexity index is 1040. The quantitative estimate of drug-likeness (QED) is 0.314. The first kappa shape index (κ1) is 20.6. The molecule has 0 spiro atoms. The molecule has 1 aliphatic heterocycles. The molecule has 0 atom stereocenters. The lowest BCUT2D eigenvalue weighted by atomic mass is 10.1. The highest BCUT2D eigenvalue weighted by molar-refractivity contribution is 7.98. The van der Waals surface area contributed by atoms with Crippen LogP contribution in [0.15, 0.2) is 59.8 Å². The minimum Gasteiger partial charge on any atom is -0.356 e. The Morgan fingerprint density at radius 1 is 1.10 bits per heavy atom. The number of hydrogen-bond donors (Lipinski definition) is 1. The van der Waals surface area contributed by atoms with Crippen LogP contribution in [0.1, 0.15) is 28.8 Å². The number of halogens is 2. The summed E-state index contributed by atoms with van der Waals surface area (Å²) < 4.78 is 13.7. The van der Waals surface area contributed by atoms with Gasteiger partial charge in [-0.2, -0.15) is 0 Å². The first-order chi connectivity index (χ1) is 14.6. The maximum atomic E-state index is 13.7. The molecule has 3 aromatic rings. The van der Waals surface area contributed by atoms with Gasteiger partial charge in [0.25, 0.3) is 5.91 Å². The number of carbonyl (C=O) groups excluding carboxylic acids is 1. The molecule has 4 rings (SSSR count). The lowest BCUT2D eigenvalue weighted by Gasteiger charge is -2.16. The number of para-hydroxylation sites is 1. The summed E-state index contributed by atoms with van der Waals surface area (Å²) in [5, 5.41) is 3.65. The number of nitrogens with zero attached hydrogens (tertiary/aromatic N) is 3. The number of anilines is 2. The van der Waals surface area contributed by atoms with Crippen molar-refractivity contribution in [3.63, 3.8) is 0 Å². The second-order valence-electron chi connectivity index (χ2n) is 6.95. The number of thioether (sulfide) groups is 1. The van der Waals surface area contributed by atoms with Crippen molar-refractivity contribution in [2.75, 3.05) is 23.3 Å². The van der Waals surface area contributed by atoms with E-state index in [1.807, 2.05) is 12.1 Å². The molecule has 0 radical (unpaired) electrons. The van der Waals surface area contributed by atoms with Crippen molar-refractivity contribution >= 4 is 40.8 Å². The summed E-state index contributed by atoms with van der Waals surface area (Å²) in [4.78, 5) is 23.5. The zero-order chi connectivity index (χ0) is 20.9. The third-order valence-electron chi connectivity index (χ3n) is 4.80. The zero-order valence-electron chi connectivity index (χ0n) is 16.1. The molecule has 1 fully saturated rings. The normalized spacial score (nSPS) is 13.5. The van der Waals surface area contributed by atoms with Crippen LogP contribution >= 0.6 is 23.4 Å². The van der Waals surface area contributed by atoms with Gasteiger partial charge in [-0.25, -0.2) is 14.4 Å². The van der Waals surface area contributed by atoms with Gasteiger partial charge in [0, 0.05) is 30.5 Å². The molecule has 1 saturated heterocycles. The van der Waals surface area contributed by atoms with Crippen LogP contribution in [0.5, 0.6) is 0 Å². The lowest BCUT2D eigenvalue weighted by molar-refractivity contribution is 0.102. The monoisotopic (exact) mass is 442 g/mol. The Morgan fingerprint density at radius 3 is 2.57 bits per heavy atom. The largest absolute Gasteiger partial charge is 0.356 e. The fourth-order valence-corrected chi connectivity index (χ4v) is 4.25. The third kappa shape index (κ3) is 5.09. The van der Waals surface area contributed by atoms with Crippen LogP contribution in [0.3, 0.4) is 0 Å². The summed E-state index contributed by atoms with van der Waals surface area (Å²) in [6, 6.07) is 15.1. The van der Waals surface area contributed by atoms with E-state index in [0.717, 1.165) is 24.5 Å². The van der Waals surface area contributed by atoms with Crippen molar-refractivity contribution in [1.82, 2.24) is 9.97 Å². The number of benzene rings is 2. The van der Waals surface area contributed by atoms with Gasteiger partial charge in [0.1, 0.15) is 16.8 Å². The van der Waals surface area contributed by atoms with Crippen molar-refractivity contribution in [2.45, 2.75) is 23.8 Å². The van der Waals surface area contributed by atoms with Crippen molar-refractivity contribution in [3.05, 3.63) is 76.7 Å². The van der Waals surface area contributed by atoms with Crippen LogP contribution in [-0.4, -0.2) is 29.0 Å². The SMILES string of the molecule is O=C(Nc1ccccc1F)c1ccc(CSc2nc(Cl)cc(N3CCCC3)n2)cc1. The second-order valence-corrected chi connectivity index (χ2v) is 8.27. The highest BCUT2D eigenvalue weighted by Gasteiger charge is 2.16. The molecule has 1 N–H and O–H groups in total. The van der Waals surface area contributed by atoms with E-state index in [0.29, 0.717) is 21.6 Å². The van der Waals surface area contributed by atoms with Crippen LogP contribution in [0.2, 0.25) is 5.15 Å². The van der Waals surface area contributed by atoms with Gasteiger partial charge in [0.05, 0.1) is 5.69 Å². The number of amides is 1. The Kier molecular flexibility index (Phi) is 6.50. The molecule has 0 bridgehead atoms. The second kappa shape index (κ2) is 9.45. The van der Waals surface area contributed by atoms with E-state index >= 15 is 0 Å². The van der Waals surface area contributed by atoms with Crippen LogP contribution in [-0.2, 0) is 5.75 Å². The molecular formula is C22H20ClFN4OS. The average Bonchev–Trinajstić information content (AvgIpc) is 3.29. The molecule has 1 amide bonds. The molecule has 0 unspecified atom stereocenters. The van der Waals surface area contributed by atoms with E-state index in [-0.39, 0.29) is 11.6 Å². The summed E-state index contributed by atoms with van der Waals surface area (Å²) in [5.74, 6) is 0.700. The molecule has 1 aliphatic rings. The van der Waals surface area contributed by atoms with Gasteiger partial charge in [0.2, 0.25) is 0 Å². The number of rotatable bonds is 6. The molecule has 30 heavy (non-hydrogen) atoms. The lowest BCUT2D eigenvalue weighted by Crippen LogP contribution is -2.19. The van der Waals surface area contributed by atoms with Crippen LogP contribution in [0.4, 0.5) is 15.9 Å². The van der Waals surface area contributed by atoms with E-state index in [2.05, 4.69) is 20.2 Å². The first-order valence-corrected chi connectivity index (χ1v) is 11.0. The molecule has 0 aliphatic carbocycles. The third-order valence-corrected chi connectivity index (χ3v) is 5.91. The highest BCUT2D eigenvalue weighted by Crippen LogP contribution is 2.26. The van der Waals surface area contributed by atoms with Crippen molar-refractivity contribution in [1.29, 1.82) is 0 Å². The maximum absolute atomic E-state index is 13.7. The number of hydrogen-bond acceptors (Lipinski definition) is 5. The summed E-state index contributed by atoms with van der Waals surface area (Å²) >= 11 is 7.68. The Labute approximate surface area is 183 Å². The average molecular weight is 443 g/mol. The standard InChI is InChI=1S/C22H20ClFN4OS/c23-19-13-20(28-11-3-4-12-28)27-22(26-19)30-14-15-7-9-16(10-8-15)21(29)25-18-6-2-1-5-17(18)24/h1-2,5-10,13H,3-4,11-12,14H2,(H,25,29). The number of carbonyl (C=O) groups is 1. The molecule has 1 aromatic heterocycles. The molecule has 0 saturated carbocycles. The van der Waals surface area contributed by atoms with E-state index in [9.17, 15) is 9.18 Å². The van der Waals surface area contributed by atoms with E-state index < -0.39 is 5.82 Å². The molecule has 154 valence electrons. The number of aromatic nitrogens is 2. The van der Waals surface area contributed by atoms with Gasteiger partial charge in [-0.15, -0.1) is 0 Å². The Morgan fingerprint density at radius 2 is 1.83 bits per heavy atom. The smallest absolute Gasteiger partial charge is 0.255 e. The molecular weight excluding hydrogens is 423 g/mol. The Hall–Kier alpha value is -2.64. The summed E-state index contributed by atoms with van der Waals surface area (Å²) in [5.41, 5.74) is 1.64. The van der Waals surface area contributed by atoms with Crippen LogP contribution in [0.25, 0.3) is 0 Å². The first-order valence-electron chi connectivity index (χ1n) is 9.65.